The van der Waals surface area contributed by atoms with Crippen molar-refractivity contribution in [1.82, 2.24) is 0 Å². The molecule has 1 aromatic carbocycles. The Morgan fingerprint density at radius 2 is 2.16 bits per heavy atom. The molecule has 1 heterocycles. The van der Waals surface area contributed by atoms with Crippen molar-refractivity contribution in [3.05, 3.63) is 28.7 Å². The van der Waals surface area contributed by atoms with Crippen LogP contribution in [0.25, 0.3) is 0 Å². The highest BCUT2D eigenvalue weighted by molar-refractivity contribution is 9.09. The lowest BCUT2D eigenvalue weighted by Crippen LogP contribution is -2.29. The molecule has 0 radical (unpaired) electrons. The maximum atomic E-state index is 11.6. The normalized spacial score (nSPS) is 14.2. The van der Waals surface area contributed by atoms with Gasteiger partial charge in [-0.1, -0.05) is 22.0 Å². The van der Waals surface area contributed by atoms with Gasteiger partial charge >= 0.3 is 0 Å². The van der Waals surface area contributed by atoms with Crippen LogP contribution in [0.1, 0.15) is 24.8 Å². The molecule has 1 amide bonds. The highest BCUT2D eigenvalue weighted by atomic mass is 79.9. The average Bonchev–Trinajstić information content (AvgIpc) is 2.43. The number of benzene rings is 1. The molecule has 1 aliphatic heterocycles. The first-order chi connectivity index (χ1) is 9.26. The Morgan fingerprint density at radius 3 is 2.89 bits per heavy atom. The maximum Gasteiger partial charge on any atom is 0.250 e. The molecule has 6 heteroatoms. The third kappa shape index (κ3) is 3.32. The van der Waals surface area contributed by atoms with E-state index in [0.29, 0.717) is 30.9 Å². The van der Waals surface area contributed by atoms with Gasteiger partial charge in [-0.3, -0.25) is 4.79 Å². The predicted molar refractivity (Wildman–Crippen MR) is 76.6 cm³/mol. The zero-order valence-corrected chi connectivity index (χ0v) is 12.1. The zero-order valence-electron chi connectivity index (χ0n) is 10.5. The van der Waals surface area contributed by atoms with Gasteiger partial charge < -0.3 is 4.74 Å². The molecule has 0 unspecified atom stereocenters. The molecule has 0 fully saturated rings. The highest BCUT2D eigenvalue weighted by Crippen LogP contribution is 2.31. The minimum absolute atomic E-state index is 0.265. The molecule has 5 nitrogen and oxygen atoms in total. The lowest BCUT2D eigenvalue weighted by Gasteiger charge is -2.22. The van der Waals surface area contributed by atoms with Crippen molar-refractivity contribution in [2.45, 2.75) is 25.7 Å². The van der Waals surface area contributed by atoms with Crippen LogP contribution in [-0.4, -0.2) is 17.8 Å². The number of hydrogen-bond acceptors (Lipinski definition) is 4. The van der Waals surface area contributed by atoms with Crippen LogP contribution in [0.15, 0.2) is 23.5 Å². The Hall–Kier alpha value is -1.43. The Labute approximate surface area is 120 Å². The highest BCUT2D eigenvalue weighted by Gasteiger charge is 2.25. The smallest absolute Gasteiger partial charge is 0.250 e. The number of amides is 1. The molecule has 0 aliphatic carbocycles. The van der Waals surface area contributed by atoms with Crippen LogP contribution in [0.2, 0.25) is 0 Å². The Balaban J connectivity index is 2.10. The number of alkyl halides is 1. The van der Waals surface area contributed by atoms with E-state index in [4.69, 9.17) is 4.74 Å². The number of halogens is 1. The van der Waals surface area contributed by atoms with Crippen LogP contribution in [0.3, 0.4) is 0 Å². The molecule has 0 N–H and O–H groups in total. The van der Waals surface area contributed by atoms with Crippen LogP contribution < -0.4 is 9.75 Å². The fourth-order valence-corrected chi connectivity index (χ4v) is 2.40. The van der Waals surface area contributed by atoms with Gasteiger partial charge in [0.2, 0.25) is 5.91 Å². The molecule has 19 heavy (non-hydrogen) atoms. The number of nitrogens with zero attached hydrogens (tertiary/aromatic N) is 2. The SMILES string of the molecule is O=NN1C(=O)CCc2ccc(OCCCCBr)cc21. The van der Waals surface area contributed by atoms with Crippen molar-refractivity contribution in [2.24, 2.45) is 5.29 Å². The molecular weight excluding hydrogens is 312 g/mol. The van der Waals surface area contributed by atoms with Crippen molar-refractivity contribution in [2.75, 3.05) is 16.9 Å². The number of rotatable bonds is 6. The summed E-state index contributed by atoms with van der Waals surface area (Å²) in [6.07, 6.45) is 2.97. The predicted octanol–water partition coefficient (Wildman–Crippen LogP) is 3.20. The van der Waals surface area contributed by atoms with Gasteiger partial charge in [0.1, 0.15) is 5.75 Å². The van der Waals surface area contributed by atoms with Crippen molar-refractivity contribution < 1.29 is 9.53 Å². The molecular formula is C13H15BrN2O3. The first-order valence-electron chi connectivity index (χ1n) is 6.24. The summed E-state index contributed by atoms with van der Waals surface area (Å²) < 4.78 is 5.60. The molecule has 0 saturated heterocycles. The summed E-state index contributed by atoms with van der Waals surface area (Å²) in [7, 11) is 0. The van der Waals surface area contributed by atoms with Crippen LogP contribution in [0, 0.1) is 4.91 Å². The van der Waals surface area contributed by atoms with Crippen molar-refractivity contribution in [1.29, 1.82) is 0 Å². The fraction of sp³-hybridized carbons (Fsp3) is 0.462. The van der Waals surface area contributed by atoms with Gasteiger partial charge in [0, 0.05) is 17.8 Å². The summed E-state index contributed by atoms with van der Waals surface area (Å²) >= 11 is 3.36. The molecule has 2 rings (SSSR count). The van der Waals surface area contributed by atoms with Crippen LogP contribution in [0.4, 0.5) is 5.69 Å². The summed E-state index contributed by atoms with van der Waals surface area (Å²) in [6, 6.07) is 5.47. The molecule has 0 atom stereocenters. The summed E-state index contributed by atoms with van der Waals surface area (Å²) in [5.74, 6) is 0.399. The monoisotopic (exact) mass is 326 g/mol. The Kier molecular flexibility index (Phi) is 4.90. The summed E-state index contributed by atoms with van der Waals surface area (Å²) in [5, 5.41) is 4.67. The minimum Gasteiger partial charge on any atom is -0.494 e. The standard InChI is InChI=1S/C13H15BrN2O3/c14-7-1-2-8-19-11-5-3-10-4-6-13(17)16(15-18)12(10)9-11/h3,5,9H,1-2,4,6-8H2. The van der Waals surface area contributed by atoms with Crippen molar-refractivity contribution in [3.8, 4) is 5.75 Å². The second-order valence-electron chi connectivity index (χ2n) is 4.32. The summed E-state index contributed by atoms with van der Waals surface area (Å²) in [5.41, 5.74) is 1.50. The quantitative estimate of drug-likeness (QED) is 0.458. The second-order valence-corrected chi connectivity index (χ2v) is 5.12. The Bertz CT molecular complexity index is 479. The Morgan fingerprint density at radius 1 is 1.32 bits per heavy atom. The van der Waals surface area contributed by atoms with Gasteiger partial charge in [0.15, 0.2) is 0 Å². The van der Waals surface area contributed by atoms with Gasteiger partial charge in [0.25, 0.3) is 0 Å². The first kappa shape index (κ1) is 14.0. The van der Waals surface area contributed by atoms with E-state index < -0.39 is 0 Å². The minimum atomic E-state index is -0.265. The second kappa shape index (κ2) is 6.65. The molecule has 1 aromatic rings. The zero-order chi connectivity index (χ0) is 13.7. The average molecular weight is 327 g/mol. The number of fused-ring (bicyclic) bond motifs is 1. The van der Waals surface area contributed by atoms with Gasteiger partial charge in [-0.2, -0.15) is 5.01 Å². The largest absolute Gasteiger partial charge is 0.494 e. The van der Waals surface area contributed by atoms with Crippen molar-refractivity contribution in [3.63, 3.8) is 0 Å². The van der Waals surface area contributed by atoms with Crippen LogP contribution in [-0.2, 0) is 11.2 Å². The molecule has 1 aliphatic rings. The van der Waals surface area contributed by atoms with E-state index >= 15 is 0 Å². The first-order valence-corrected chi connectivity index (χ1v) is 7.36. The lowest BCUT2D eigenvalue weighted by atomic mass is 10.0. The van der Waals surface area contributed by atoms with Gasteiger partial charge in [0.05, 0.1) is 17.6 Å². The van der Waals surface area contributed by atoms with Gasteiger partial charge in [-0.25, -0.2) is 0 Å². The molecule has 102 valence electrons. The van der Waals surface area contributed by atoms with Crippen molar-refractivity contribution >= 4 is 27.5 Å². The summed E-state index contributed by atoms with van der Waals surface area (Å²) in [4.78, 5) is 22.3. The topological polar surface area (TPSA) is 59.0 Å². The third-order valence-electron chi connectivity index (χ3n) is 3.01. The third-order valence-corrected chi connectivity index (χ3v) is 3.57. The molecule has 0 bridgehead atoms. The van der Waals surface area contributed by atoms with Crippen LogP contribution in [0.5, 0.6) is 5.75 Å². The van der Waals surface area contributed by atoms with E-state index in [-0.39, 0.29) is 5.91 Å². The fourth-order valence-electron chi connectivity index (χ4n) is 2.00. The van der Waals surface area contributed by atoms with Gasteiger partial charge in [-0.15, -0.1) is 4.91 Å². The summed E-state index contributed by atoms with van der Waals surface area (Å²) in [6.45, 7) is 0.618. The number of unbranched alkanes of at least 4 members (excludes halogenated alkanes) is 1. The lowest BCUT2D eigenvalue weighted by molar-refractivity contribution is -0.118. The number of carbonyl (C=O) groups is 1. The maximum absolute atomic E-state index is 11.6. The molecule has 0 saturated carbocycles. The number of ether oxygens (including phenoxy) is 1. The number of carbonyl (C=O) groups excluding carboxylic acids is 1. The number of anilines is 1. The van der Waals surface area contributed by atoms with E-state index in [9.17, 15) is 9.70 Å². The molecule has 0 aromatic heterocycles. The van der Waals surface area contributed by atoms with E-state index in [0.717, 1.165) is 28.7 Å². The van der Waals surface area contributed by atoms with E-state index in [1.165, 1.54) is 0 Å². The van der Waals surface area contributed by atoms with E-state index in [1.54, 1.807) is 6.07 Å². The molecule has 0 spiro atoms. The number of aryl methyl sites for hydroxylation is 1. The van der Waals surface area contributed by atoms with E-state index in [1.807, 2.05) is 12.1 Å². The van der Waals surface area contributed by atoms with Gasteiger partial charge in [-0.05, 0) is 30.9 Å². The number of hydrogen-bond donors (Lipinski definition) is 0. The van der Waals surface area contributed by atoms with E-state index in [2.05, 4.69) is 21.2 Å². The number of nitroso groups, excluding NO2 is 1. The van der Waals surface area contributed by atoms with Crippen LogP contribution >= 0.6 is 15.9 Å².